The van der Waals surface area contributed by atoms with Crippen LogP contribution in [0.25, 0.3) is 0 Å². The van der Waals surface area contributed by atoms with Gasteiger partial charge < -0.3 is 26.6 Å². The lowest BCUT2D eigenvalue weighted by molar-refractivity contribution is -0.683. The third kappa shape index (κ3) is 5.43. The number of Topliss-reactive ketones (excluding diaryl/α,β-unsaturated/α-hetero) is 1. The van der Waals surface area contributed by atoms with Crippen molar-refractivity contribution in [3.8, 4) is 5.75 Å². The highest BCUT2D eigenvalue weighted by Gasteiger charge is 2.30. The van der Waals surface area contributed by atoms with E-state index in [1.165, 1.54) is 0 Å². The molecule has 6 heteroatoms. The maximum Gasteiger partial charge on any atom is 0.254 e. The van der Waals surface area contributed by atoms with Crippen LogP contribution in [0.5, 0.6) is 5.75 Å². The fraction of sp³-hybridized carbons (Fsp3) is 0.269. The van der Waals surface area contributed by atoms with Gasteiger partial charge in [0.05, 0.1) is 13.2 Å². The number of ether oxygens (including phenoxy) is 1. The van der Waals surface area contributed by atoms with Crippen molar-refractivity contribution in [3.63, 3.8) is 0 Å². The fourth-order valence-electron chi connectivity index (χ4n) is 4.14. The van der Waals surface area contributed by atoms with Crippen LogP contribution in [0.15, 0.2) is 79.1 Å². The van der Waals surface area contributed by atoms with Gasteiger partial charge in [0.15, 0.2) is 12.4 Å². The van der Waals surface area contributed by atoms with E-state index in [9.17, 15) is 9.59 Å². The SMILES string of the molecule is COc1ccc(C(=O)C[n+]2cccc(C3CCCCN3C(=O)c3ccccc3)c2)cc1.[Br-]. The number of methoxy groups -OCH3 is 1. The highest BCUT2D eigenvalue weighted by atomic mass is 79.9. The van der Waals surface area contributed by atoms with Gasteiger partial charge in [-0.2, -0.15) is 4.57 Å². The number of halogens is 1. The lowest BCUT2D eigenvalue weighted by Gasteiger charge is -2.35. The van der Waals surface area contributed by atoms with Crippen LogP contribution in [0.3, 0.4) is 0 Å². The van der Waals surface area contributed by atoms with E-state index in [1.807, 2.05) is 58.3 Å². The van der Waals surface area contributed by atoms with Gasteiger partial charge in [-0.05, 0) is 61.7 Å². The van der Waals surface area contributed by atoms with Gasteiger partial charge in [-0.25, -0.2) is 0 Å². The molecular formula is C26H27BrN2O3. The number of benzene rings is 2. The molecule has 1 aromatic heterocycles. The first-order valence-electron chi connectivity index (χ1n) is 10.7. The van der Waals surface area contributed by atoms with Gasteiger partial charge in [-0.3, -0.25) is 9.59 Å². The van der Waals surface area contributed by atoms with Gasteiger partial charge in [0.25, 0.3) is 5.91 Å². The van der Waals surface area contributed by atoms with Crippen LogP contribution in [-0.4, -0.2) is 30.2 Å². The van der Waals surface area contributed by atoms with Gasteiger partial charge in [-0.15, -0.1) is 0 Å². The minimum absolute atomic E-state index is 0. The molecule has 1 amide bonds. The van der Waals surface area contributed by atoms with E-state index < -0.39 is 0 Å². The summed E-state index contributed by atoms with van der Waals surface area (Å²) in [5.74, 6) is 0.826. The summed E-state index contributed by atoms with van der Waals surface area (Å²) in [6.45, 7) is 0.998. The second kappa shape index (κ2) is 11.0. The summed E-state index contributed by atoms with van der Waals surface area (Å²) in [5.41, 5.74) is 2.43. The van der Waals surface area contributed by atoms with E-state index in [0.717, 1.165) is 37.1 Å². The van der Waals surface area contributed by atoms with Gasteiger partial charge in [0.1, 0.15) is 5.75 Å². The number of piperidine rings is 1. The number of carbonyl (C=O) groups excluding carboxylic acids is 2. The topological polar surface area (TPSA) is 50.5 Å². The second-order valence-electron chi connectivity index (χ2n) is 7.84. The van der Waals surface area contributed by atoms with Crippen molar-refractivity contribution in [1.82, 2.24) is 4.90 Å². The number of carbonyl (C=O) groups is 2. The number of hydrogen-bond acceptors (Lipinski definition) is 3. The molecule has 1 aliphatic rings. The average molecular weight is 495 g/mol. The molecule has 0 bridgehead atoms. The molecule has 1 saturated heterocycles. The van der Waals surface area contributed by atoms with Gasteiger partial charge in [-0.1, -0.05) is 18.2 Å². The van der Waals surface area contributed by atoms with Crippen molar-refractivity contribution in [3.05, 3.63) is 95.8 Å². The molecular weight excluding hydrogens is 468 g/mol. The molecule has 1 atom stereocenters. The Morgan fingerprint density at radius 1 is 0.969 bits per heavy atom. The van der Waals surface area contributed by atoms with E-state index in [1.54, 1.807) is 31.4 Å². The number of amides is 1. The maximum absolute atomic E-state index is 13.1. The minimum Gasteiger partial charge on any atom is -1.00 e. The fourth-order valence-corrected chi connectivity index (χ4v) is 4.14. The molecule has 1 fully saturated rings. The summed E-state index contributed by atoms with van der Waals surface area (Å²) in [4.78, 5) is 27.8. The van der Waals surface area contributed by atoms with Crippen molar-refractivity contribution < 1.29 is 35.9 Å². The first kappa shape index (κ1) is 23.7. The minimum atomic E-state index is 0. The Morgan fingerprint density at radius 2 is 1.72 bits per heavy atom. The summed E-state index contributed by atoms with van der Waals surface area (Å²) >= 11 is 0. The molecule has 3 aromatic rings. The summed E-state index contributed by atoms with van der Waals surface area (Å²) in [7, 11) is 1.61. The highest BCUT2D eigenvalue weighted by Crippen LogP contribution is 2.31. The first-order valence-corrected chi connectivity index (χ1v) is 10.7. The standard InChI is InChI=1S/C26H27N2O3.BrH/c1-31-23-14-12-20(13-15-23)25(29)19-27-16-7-10-22(18-27)24-11-5-6-17-28(24)26(30)21-8-3-2-4-9-21;/h2-4,7-10,12-16,18,24H,5-6,11,17,19H2,1H3;1H/q+1;/p-1. The third-order valence-electron chi connectivity index (χ3n) is 5.79. The normalized spacial score (nSPS) is 15.5. The quantitative estimate of drug-likeness (QED) is 0.382. The van der Waals surface area contributed by atoms with Crippen LogP contribution in [0, 0.1) is 0 Å². The van der Waals surface area contributed by atoms with Crippen molar-refractivity contribution in [1.29, 1.82) is 0 Å². The van der Waals surface area contributed by atoms with Crippen LogP contribution in [-0.2, 0) is 6.54 Å². The molecule has 1 aliphatic heterocycles. The van der Waals surface area contributed by atoms with Crippen LogP contribution in [0.4, 0.5) is 0 Å². The molecule has 0 spiro atoms. The Bertz CT molecular complexity index is 1050. The van der Waals surface area contributed by atoms with E-state index in [0.29, 0.717) is 11.1 Å². The van der Waals surface area contributed by atoms with Gasteiger partial charge >= 0.3 is 0 Å². The zero-order valence-corrected chi connectivity index (χ0v) is 19.7. The summed E-state index contributed by atoms with van der Waals surface area (Å²) < 4.78 is 7.07. The Labute approximate surface area is 199 Å². The second-order valence-corrected chi connectivity index (χ2v) is 7.84. The average Bonchev–Trinajstić information content (AvgIpc) is 2.84. The Hall–Kier alpha value is -2.99. The Balaban J connectivity index is 0.00000289. The molecule has 2 aromatic carbocycles. The third-order valence-corrected chi connectivity index (χ3v) is 5.79. The summed E-state index contributed by atoms with van der Waals surface area (Å²) in [5, 5.41) is 0. The van der Waals surface area contributed by atoms with Crippen LogP contribution < -0.4 is 26.3 Å². The zero-order chi connectivity index (χ0) is 21.6. The van der Waals surface area contributed by atoms with Crippen molar-refractivity contribution in [2.24, 2.45) is 0 Å². The lowest BCUT2D eigenvalue weighted by atomic mass is 9.95. The number of likely N-dealkylation sites (tertiary alicyclic amines) is 1. The zero-order valence-electron chi connectivity index (χ0n) is 18.1. The van der Waals surface area contributed by atoms with Gasteiger partial charge in [0, 0.05) is 29.3 Å². The highest BCUT2D eigenvalue weighted by molar-refractivity contribution is 5.95. The molecule has 2 heterocycles. The van der Waals surface area contributed by atoms with Crippen LogP contribution >= 0.6 is 0 Å². The molecule has 1 unspecified atom stereocenters. The molecule has 5 nitrogen and oxygen atoms in total. The monoisotopic (exact) mass is 494 g/mol. The van der Waals surface area contributed by atoms with Crippen molar-refractivity contribution in [2.75, 3.05) is 13.7 Å². The molecule has 0 aliphatic carbocycles. The largest absolute Gasteiger partial charge is 1.00 e. The van der Waals surface area contributed by atoms with E-state index >= 15 is 0 Å². The van der Waals surface area contributed by atoms with E-state index in [4.69, 9.17) is 4.74 Å². The molecule has 4 rings (SSSR count). The predicted molar refractivity (Wildman–Crippen MR) is 118 cm³/mol. The molecule has 32 heavy (non-hydrogen) atoms. The van der Waals surface area contributed by atoms with Crippen molar-refractivity contribution >= 4 is 11.7 Å². The first-order chi connectivity index (χ1) is 15.2. The smallest absolute Gasteiger partial charge is 0.254 e. The van der Waals surface area contributed by atoms with E-state index in [-0.39, 0.29) is 41.3 Å². The van der Waals surface area contributed by atoms with Gasteiger partial charge in [0.2, 0.25) is 12.3 Å². The van der Waals surface area contributed by atoms with Crippen LogP contribution in [0.1, 0.15) is 51.6 Å². The van der Waals surface area contributed by atoms with Crippen LogP contribution in [0.2, 0.25) is 0 Å². The Kier molecular flexibility index (Phi) is 8.17. The molecule has 0 radical (unpaired) electrons. The lowest BCUT2D eigenvalue weighted by Crippen LogP contribution is -3.00. The summed E-state index contributed by atoms with van der Waals surface area (Å²) in [6.07, 6.45) is 6.93. The Morgan fingerprint density at radius 3 is 2.44 bits per heavy atom. The maximum atomic E-state index is 13.1. The predicted octanol–water partition coefficient (Wildman–Crippen LogP) is 1.24. The van der Waals surface area contributed by atoms with E-state index in [2.05, 4.69) is 6.07 Å². The molecule has 0 N–H and O–H groups in total. The number of pyridine rings is 1. The molecule has 166 valence electrons. The molecule has 0 saturated carbocycles. The number of ketones is 1. The summed E-state index contributed by atoms with van der Waals surface area (Å²) in [6, 6.07) is 20.6. The number of rotatable bonds is 6. The van der Waals surface area contributed by atoms with Crippen molar-refractivity contribution in [2.45, 2.75) is 31.8 Å². The number of aromatic nitrogens is 1. The number of nitrogens with zero attached hydrogens (tertiary/aromatic N) is 2. The number of hydrogen-bond donors (Lipinski definition) is 0.